The predicted molar refractivity (Wildman–Crippen MR) is 97.1 cm³/mol. The van der Waals surface area contributed by atoms with Crippen molar-refractivity contribution < 1.29 is 9.53 Å². The molecule has 5 heteroatoms. The van der Waals surface area contributed by atoms with Crippen LogP contribution in [-0.2, 0) is 17.9 Å². The van der Waals surface area contributed by atoms with Crippen LogP contribution in [-0.4, -0.2) is 35.9 Å². The van der Waals surface area contributed by atoms with Gasteiger partial charge in [0.2, 0.25) is 5.91 Å². The standard InChI is InChI=1S/C20H25N3O2/c1-21-20(24)17-8-6-12-23(14-17)13-16-7-2-3-10-19(16)25-15-18-9-4-5-11-22-18/h2-5,7,9-11,17H,6,8,12-15H2,1H3,(H,21,24)/t17-/m0/s1. The van der Waals surface area contributed by atoms with Crippen LogP contribution in [0.2, 0.25) is 0 Å². The highest BCUT2D eigenvalue weighted by molar-refractivity contribution is 5.78. The zero-order chi connectivity index (χ0) is 17.5. The van der Waals surface area contributed by atoms with Crippen molar-refractivity contribution in [1.82, 2.24) is 15.2 Å². The Morgan fingerprint density at radius 2 is 2.12 bits per heavy atom. The van der Waals surface area contributed by atoms with E-state index in [9.17, 15) is 4.79 Å². The first-order valence-corrected chi connectivity index (χ1v) is 8.81. The molecule has 5 nitrogen and oxygen atoms in total. The molecular weight excluding hydrogens is 314 g/mol. The molecule has 25 heavy (non-hydrogen) atoms. The second-order valence-electron chi connectivity index (χ2n) is 6.41. The van der Waals surface area contributed by atoms with Gasteiger partial charge >= 0.3 is 0 Å². The summed E-state index contributed by atoms with van der Waals surface area (Å²) in [6, 6.07) is 13.9. The van der Waals surface area contributed by atoms with Gasteiger partial charge in [-0.3, -0.25) is 14.7 Å². The topological polar surface area (TPSA) is 54.5 Å². The van der Waals surface area contributed by atoms with Gasteiger partial charge in [-0.15, -0.1) is 0 Å². The number of ether oxygens (including phenoxy) is 1. The number of hydrogen-bond donors (Lipinski definition) is 1. The van der Waals surface area contributed by atoms with E-state index in [-0.39, 0.29) is 11.8 Å². The van der Waals surface area contributed by atoms with Gasteiger partial charge in [0.15, 0.2) is 0 Å². The number of aromatic nitrogens is 1. The molecule has 1 saturated heterocycles. The lowest BCUT2D eigenvalue weighted by Gasteiger charge is -2.32. The Hall–Kier alpha value is -2.40. The van der Waals surface area contributed by atoms with Crippen LogP contribution in [0.1, 0.15) is 24.1 Å². The minimum atomic E-state index is 0.0837. The fourth-order valence-electron chi connectivity index (χ4n) is 3.27. The first kappa shape index (κ1) is 17.4. The van der Waals surface area contributed by atoms with E-state index >= 15 is 0 Å². The summed E-state index contributed by atoms with van der Waals surface area (Å²) in [6.45, 7) is 3.07. The van der Waals surface area contributed by atoms with Gasteiger partial charge < -0.3 is 10.1 Å². The van der Waals surface area contributed by atoms with Crippen LogP contribution in [0, 0.1) is 5.92 Å². The number of carbonyl (C=O) groups is 1. The van der Waals surface area contributed by atoms with Crippen molar-refractivity contribution in [2.75, 3.05) is 20.1 Å². The summed E-state index contributed by atoms with van der Waals surface area (Å²) in [7, 11) is 1.71. The number of pyridine rings is 1. The number of benzene rings is 1. The Balaban J connectivity index is 1.63. The average Bonchev–Trinajstić information content (AvgIpc) is 2.68. The number of nitrogens with one attached hydrogen (secondary N) is 1. The van der Waals surface area contributed by atoms with Crippen molar-refractivity contribution in [1.29, 1.82) is 0 Å². The van der Waals surface area contributed by atoms with Crippen molar-refractivity contribution in [3.8, 4) is 5.75 Å². The first-order chi connectivity index (χ1) is 12.3. The summed E-state index contributed by atoms with van der Waals surface area (Å²) in [5.41, 5.74) is 2.06. The van der Waals surface area contributed by atoms with Gasteiger partial charge in [-0.2, -0.15) is 0 Å². The third-order valence-corrected chi connectivity index (χ3v) is 4.59. The lowest BCUT2D eigenvalue weighted by molar-refractivity contribution is -0.126. The van der Waals surface area contributed by atoms with E-state index in [2.05, 4.69) is 21.3 Å². The molecule has 1 N–H and O–H groups in total. The quantitative estimate of drug-likeness (QED) is 0.879. The predicted octanol–water partition coefficient (Wildman–Crippen LogP) is 2.62. The number of rotatable bonds is 6. The summed E-state index contributed by atoms with van der Waals surface area (Å²) < 4.78 is 5.99. The molecule has 0 unspecified atom stereocenters. The SMILES string of the molecule is CNC(=O)[C@H]1CCCN(Cc2ccccc2OCc2ccccn2)C1. The summed E-state index contributed by atoms with van der Waals surface area (Å²) >= 11 is 0. The fraction of sp³-hybridized carbons (Fsp3) is 0.400. The molecule has 3 rings (SSSR count). The molecule has 2 heterocycles. The lowest BCUT2D eigenvalue weighted by Crippen LogP contribution is -2.41. The number of likely N-dealkylation sites (tertiary alicyclic amines) is 1. The molecular formula is C20H25N3O2. The van der Waals surface area contributed by atoms with Crippen molar-refractivity contribution in [2.45, 2.75) is 26.0 Å². The molecule has 1 amide bonds. The molecule has 132 valence electrons. The van der Waals surface area contributed by atoms with Crippen molar-refractivity contribution >= 4 is 5.91 Å². The van der Waals surface area contributed by atoms with E-state index in [0.717, 1.165) is 49.5 Å². The van der Waals surface area contributed by atoms with E-state index in [0.29, 0.717) is 6.61 Å². The summed E-state index contributed by atoms with van der Waals surface area (Å²) in [6.07, 6.45) is 3.79. The molecule has 1 aromatic heterocycles. The van der Waals surface area contributed by atoms with Crippen LogP contribution in [0.4, 0.5) is 0 Å². The average molecular weight is 339 g/mol. The van der Waals surface area contributed by atoms with Crippen LogP contribution in [0.15, 0.2) is 48.7 Å². The molecule has 0 spiro atoms. The van der Waals surface area contributed by atoms with Gasteiger partial charge in [0.25, 0.3) is 0 Å². The van der Waals surface area contributed by atoms with E-state index < -0.39 is 0 Å². The third kappa shape index (κ3) is 4.79. The molecule has 1 atom stereocenters. The maximum absolute atomic E-state index is 11.9. The van der Waals surface area contributed by atoms with Crippen molar-refractivity contribution in [3.63, 3.8) is 0 Å². The third-order valence-electron chi connectivity index (χ3n) is 4.59. The Bertz CT molecular complexity index is 690. The number of amides is 1. The van der Waals surface area contributed by atoms with E-state index in [1.165, 1.54) is 0 Å². The highest BCUT2D eigenvalue weighted by Gasteiger charge is 2.25. The van der Waals surface area contributed by atoms with Crippen LogP contribution in [0.3, 0.4) is 0 Å². The van der Waals surface area contributed by atoms with Gasteiger partial charge in [0.05, 0.1) is 11.6 Å². The Labute approximate surface area is 149 Å². The lowest BCUT2D eigenvalue weighted by atomic mass is 9.96. The molecule has 1 fully saturated rings. The van der Waals surface area contributed by atoms with Gasteiger partial charge in [-0.05, 0) is 37.6 Å². The van der Waals surface area contributed by atoms with Crippen LogP contribution < -0.4 is 10.1 Å². The molecule has 0 aliphatic carbocycles. The number of hydrogen-bond acceptors (Lipinski definition) is 4. The zero-order valence-electron chi connectivity index (χ0n) is 14.6. The van der Waals surface area contributed by atoms with E-state index in [4.69, 9.17) is 4.74 Å². The normalized spacial score (nSPS) is 17.9. The van der Waals surface area contributed by atoms with Crippen molar-refractivity contribution in [3.05, 3.63) is 59.9 Å². The Kier molecular flexibility index (Phi) is 6.01. The molecule has 0 saturated carbocycles. The summed E-state index contributed by atoms with van der Waals surface area (Å²) in [4.78, 5) is 18.6. The molecule has 1 aliphatic heterocycles. The first-order valence-electron chi connectivity index (χ1n) is 8.81. The fourth-order valence-corrected chi connectivity index (χ4v) is 3.27. The van der Waals surface area contributed by atoms with Crippen LogP contribution in [0.25, 0.3) is 0 Å². The van der Waals surface area contributed by atoms with Gasteiger partial charge in [0, 0.05) is 31.9 Å². The smallest absolute Gasteiger partial charge is 0.224 e. The molecule has 2 aromatic rings. The van der Waals surface area contributed by atoms with Crippen LogP contribution >= 0.6 is 0 Å². The van der Waals surface area contributed by atoms with E-state index in [1.54, 1.807) is 13.2 Å². The maximum atomic E-state index is 11.9. The summed E-state index contributed by atoms with van der Waals surface area (Å²) in [5.74, 6) is 1.11. The largest absolute Gasteiger partial charge is 0.487 e. The van der Waals surface area contributed by atoms with Gasteiger partial charge in [-0.25, -0.2) is 0 Å². The molecule has 0 bridgehead atoms. The minimum absolute atomic E-state index is 0.0837. The maximum Gasteiger partial charge on any atom is 0.224 e. The van der Waals surface area contributed by atoms with Gasteiger partial charge in [0.1, 0.15) is 12.4 Å². The molecule has 1 aliphatic rings. The highest BCUT2D eigenvalue weighted by atomic mass is 16.5. The number of para-hydroxylation sites is 1. The highest BCUT2D eigenvalue weighted by Crippen LogP contribution is 2.24. The summed E-state index contributed by atoms with van der Waals surface area (Å²) in [5, 5.41) is 2.77. The minimum Gasteiger partial charge on any atom is -0.487 e. The number of piperidine rings is 1. The second kappa shape index (κ2) is 8.62. The zero-order valence-corrected chi connectivity index (χ0v) is 14.6. The monoisotopic (exact) mass is 339 g/mol. The second-order valence-corrected chi connectivity index (χ2v) is 6.41. The van der Waals surface area contributed by atoms with Crippen LogP contribution in [0.5, 0.6) is 5.75 Å². The van der Waals surface area contributed by atoms with E-state index in [1.807, 2.05) is 36.4 Å². The Morgan fingerprint density at radius 3 is 2.92 bits per heavy atom. The molecule has 0 radical (unpaired) electrons. The Morgan fingerprint density at radius 1 is 1.28 bits per heavy atom. The molecule has 1 aromatic carbocycles. The number of nitrogens with zero attached hydrogens (tertiary/aromatic N) is 2. The van der Waals surface area contributed by atoms with Gasteiger partial charge in [-0.1, -0.05) is 24.3 Å². The van der Waals surface area contributed by atoms with Crippen molar-refractivity contribution in [2.24, 2.45) is 5.92 Å². The number of carbonyl (C=O) groups excluding carboxylic acids is 1.